The van der Waals surface area contributed by atoms with Crippen molar-refractivity contribution in [2.45, 2.75) is 17.5 Å². The van der Waals surface area contributed by atoms with Gasteiger partial charge in [-0.1, -0.05) is 44.0 Å². The van der Waals surface area contributed by atoms with E-state index in [9.17, 15) is 0 Å². The second-order valence-electron chi connectivity index (χ2n) is 3.30. The Kier molecular flexibility index (Phi) is 7.33. The maximum atomic E-state index is 5.82. The Labute approximate surface area is 123 Å². The molecule has 0 fully saturated rings. The van der Waals surface area contributed by atoms with E-state index < -0.39 is 0 Å². The lowest BCUT2D eigenvalue weighted by Gasteiger charge is -2.19. The van der Waals surface area contributed by atoms with E-state index in [1.165, 1.54) is 0 Å². The Morgan fingerprint density at radius 3 is 2.56 bits per heavy atom. The summed E-state index contributed by atoms with van der Waals surface area (Å²) in [6.07, 6.45) is -0.0712. The first-order valence-corrected chi connectivity index (χ1v) is 7.57. The molecule has 0 amide bonds. The largest absolute Gasteiger partial charge is 0.371 e. The monoisotopic (exact) mass is 388 g/mol. The molecule has 5 heteroatoms. The summed E-state index contributed by atoms with van der Waals surface area (Å²) in [4.78, 5) is 0.0822. The van der Waals surface area contributed by atoms with Crippen LogP contribution in [0.5, 0.6) is 0 Å². The zero-order chi connectivity index (χ0) is 12.0. The second kappa shape index (κ2) is 7.93. The average Bonchev–Trinajstić information content (AvgIpc) is 2.29. The second-order valence-corrected chi connectivity index (χ2v) is 6.01. The molecule has 1 nitrogen and oxygen atoms in total. The van der Waals surface area contributed by atoms with Crippen LogP contribution >= 0.6 is 55.1 Å². The minimum absolute atomic E-state index is 0.0712. The van der Waals surface area contributed by atoms with Crippen molar-refractivity contribution in [2.24, 2.45) is 0 Å². The summed E-state index contributed by atoms with van der Waals surface area (Å²) < 4.78 is 6.75. The molecule has 0 aliphatic heterocycles. The van der Waals surface area contributed by atoms with Crippen LogP contribution in [0.2, 0.25) is 0 Å². The van der Waals surface area contributed by atoms with Crippen molar-refractivity contribution in [1.82, 2.24) is 0 Å². The Morgan fingerprint density at radius 1 is 1.25 bits per heavy atom. The van der Waals surface area contributed by atoms with E-state index in [2.05, 4.69) is 31.9 Å². The minimum atomic E-state index is -0.0712. The van der Waals surface area contributed by atoms with Gasteiger partial charge in [0.05, 0.1) is 17.5 Å². The van der Waals surface area contributed by atoms with Gasteiger partial charge in [0.2, 0.25) is 0 Å². The molecule has 1 aromatic carbocycles. The van der Waals surface area contributed by atoms with Gasteiger partial charge in [0.1, 0.15) is 0 Å². The van der Waals surface area contributed by atoms with Gasteiger partial charge in [-0.25, -0.2) is 0 Å². The van der Waals surface area contributed by atoms with Gasteiger partial charge in [0.15, 0.2) is 0 Å². The van der Waals surface area contributed by atoms with Gasteiger partial charge in [-0.15, -0.1) is 23.2 Å². The molecule has 1 rings (SSSR count). The fraction of sp³-hybridized carbons (Fsp3) is 0.455. The third-order valence-electron chi connectivity index (χ3n) is 2.06. The highest BCUT2D eigenvalue weighted by Gasteiger charge is 2.17. The maximum absolute atomic E-state index is 5.82. The van der Waals surface area contributed by atoms with Crippen molar-refractivity contribution in [3.05, 3.63) is 34.3 Å². The predicted molar refractivity (Wildman–Crippen MR) is 76.9 cm³/mol. The van der Waals surface area contributed by atoms with Crippen molar-refractivity contribution >= 4 is 55.1 Å². The van der Waals surface area contributed by atoms with Crippen LogP contribution in [-0.2, 0) is 11.3 Å². The number of hydrogen-bond acceptors (Lipinski definition) is 1. The summed E-state index contributed by atoms with van der Waals surface area (Å²) in [5.41, 5.74) is 1.11. The van der Waals surface area contributed by atoms with Crippen LogP contribution in [0.25, 0.3) is 0 Å². The molecule has 0 aromatic heterocycles. The normalized spacial score (nSPS) is 14.8. The molecule has 0 spiro atoms. The first-order chi connectivity index (χ1) is 7.67. The Hall–Kier alpha value is 0.720. The molecule has 0 saturated heterocycles. The van der Waals surface area contributed by atoms with Crippen LogP contribution in [0.4, 0.5) is 0 Å². The van der Waals surface area contributed by atoms with E-state index in [0.717, 1.165) is 10.0 Å². The van der Waals surface area contributed by atoms with E-state index in [0.29, 0.717) is 18.4 Å². The number of hydrogen-bond donors (Lipinski definition) is 0. The topological polar surface area (TPSA) is 9.23 Å². The maximum Gasteiger partial charge on any atom is 0.0851 e. The zero-order valence-electron chi connectivity index (χ0n) is 8.51. The van der Waals surface area contributed by atoms with Crippen molar-refractivity contribution < 1.29 is 4.74 Å². The Morgan fingerprint density at radius 2 is 2.00 bits per heavy atom. The summed E-state index contributed by atoms with van der Waals surface area (Å²) in [6.45, 7) is 0.538. The first kappa shape index (κ1) is 14.8. The average molecular weight is 391 g/mol. The third-order valence-corrected chi connectivity index (χ3v) is 4.47. The van der Waals surface area contributed by atoms with E-state index in [-0.39, 0.29) is 10.9 Å². The summed E-state index contributed by atoms with van der Waals surface area (Å²) >= 11 is 18.4. The van der Waals surface area contributed by atoms with E-state index in [4.69, 9.17) is 27.9 Å². The lowest BCUT2D eigenvalue weighted by atomic mass is 10.2. The molecule has 0 aliphatic rings. The Bertz CT molecular complexity index is 323. The highest BCUT2D eigenvalue weighted by Crippen LogP contribution is 2.17. The summed E-state index contributed by atoms with van der Waals surface area (Å²) in [5, 5.41) is 0. The number of alkyl halides is 3. The lowest BCUT2D eigenvalue weighted by Crippen LogP contribution is -2.27. The smallest absolute Gasteiger partial charge is 0.0851 e. The van der Waals surface area contributed by atoms with Crippen LogP contribution in [-0.4, -0.2) is 22.7 Å². The van der Waals surface area contributed by atoms with Gasteiger partial charge in [0.25, 0.3) is 0 Å². The third kappa shape index (κ3) is 4.92. The number of halogens is 4. The van der Waals surface area contributed by atoms with Crippen molar-refractivity contribution in [2.75, 3.05) is 11.8 Å². The standard InChI is InChI=1S/C11H12Br2Cl2O/c12-9-3-1-2-8(4-9)7-16-11(6-15)10(13)5-14/h1-4,10-11H,5-7H2. The number of benzene rings is 1. The fourth-order valence-corrected chi connectivity index (χ4v) is 2.68. The van der Waals surface area contributed by atoms with Gasteiger partial charge in [-0.05, 0) is 17.7 Å². The Balaban J connectivity index is 2.49. The summed E-state index contributed by atoms with van der Waals surface area (Å²) in [7, 11) is 0. The minimum Gasteiger partial charge on any atom is -0.371 e. The van der Waals surface area contributed by atoms with Gasteiger partial charge in [-0.2, -0.15) is 0 Å². The molecule has 0 heterocycles. The van der Waals surface area contributed by atoms with Gasteiger partial charge >= 0.3 is 0 Å². The van der Waals surface area contributed by atoms with Crippen LogP contribution in [0.15, 0.2) is 28.7 Å². The van der Waals surface area contributed by atoms with E-state index >= 15 is 0 Å². The molecular weight excluding hydrogens is 379 g/mol. The lowest BCUT2D eigenvalue weighted by molar-refractivity contribution is 0.0583. The molecule has 0 aliphatic carbocycles. The quantitative estimate of drug-likeness (QED) is 0.646. The highest BCUT2D eigenvalue weighted by molar-refractivity contribution is 9.10. The molecular formula is C11H12Br2Cl2O. The molecule has 0 saturated carbocycles. The molecule has 16 heavy (non-hydrogen) atoms. The summed E-state index contributed by atoms with van der Waals surface area (Å²) in [5.74, 6) is 0.909. The molecule has 0 bridgehead atoms. The SMILES string of the molecule is ClCC(Br)C(CCl)OCc1cccc(Br)c1. The van der Waals surface area contributed by atoms with Crippen LogP contribution in [0.3, 0.4) is 0 Å². The van der Waals surface area contributed by atoms with Crippen molar-refractivity contribution in [3.8, 4) is 0 Å². The number of rotatable bonds is 6. The van der Waals surface area contributed by atoms with Crippen LogP contribution in [0.1, 0.15) is 5.56 Å². The molecule has 90 valence electrons. The van der Waals surface area contributed by atoms with E-state index in [1.807, 2.05) is 24.3 Å². The predicted octanol–water partition coefficient (Wildman–Crippen LogP) is 4.58. The number of ether oxygens (including phenoxy) is 1. The zero-order valence-corrected chi connectivity index (χ0v) is 13.2. The molecule has 0 radical (unpaired) electrons. The molecule has 0 N–H and O–H groups in total. The fourth-order valence-electron chi connectivity index (χ4n) is 1.17. The van der Waals surface area contributed by atoms with Crippen LogP contribution in [0, 0.1) is 0 Å². The van der Waals surface area contributed by atoms with Gasteiger partial charge in [0, 0.05) is 16.2 Å². The summed E-state index contributed by atoms with van der Waals surface area (Å²) in [6, 6.07) is 8.00. The van der Waals surface area contributed by atoms with Gasteiger partial charge in [-0.3, -0.25) is 0 Å². The molecule has 1 aromatic rings. The van der Waals surface area contributed by atoms with Crippen molar-refractivity contribution in [1.29, 1.82) is 0 Å². The van der Waals surface area contributed by atoms with E-state index in [1.54, 1.807) is 0 Å². The molecule has 2 atom stereocenters. The molecule has 2 unspecified atom stereocenters. The highest BCUT2D eigenvalue weighted by atomic mass is 79.9. The first-order valence-electron chi connectivity index (χ1n) is 4.79. The van der Waals surface area contributed by atoms with Gasteiger partial charge < -0.3 is 4.74 Å². The van der Waals surface area contributed by atoms with Crippen LogP contribution < -0.4 is 0 Å². The van der Waals surface area contributed by atoms with Crippen molar-refractivity contribution in [3.63, 3.8) is 0 Å².